The van der Waals surface area contributed by atoms with Gasteiger partial charge in [-0.1, -0.05) is 36.4 Å². The predicted octanol–water partition coefficient (Wildman–Crippen LogP) is 1.79. The maximum atomic E-state index is 5.84. The highest BCUT2D eigenvalue weighted by atomic mass is 15.3. The summed E-state index contributed by atoms with van der Waals surface area (Å²) < 4.78 is 2.08. The predicted molar refractivity (Wildman–Crippen MR) is 89.4 cm³/mol. The fourth-order valence-electron chi connectivity index (χ4n) is 2.41. The molecule has 1 aromatic carbocycles. The van der Waals surface area contributed by atoms with Crippen LogP contribution in [0.15, 0.2) is 55.0 Å². The van der Waals surface area contributed by atoms with E-state index in [1.165, 1.54) is 5.56 Å². The van der Waals surface area contributed by atoms with Crippen LogP contribution in [0.1, 0.15) is 17.0 Å². The molecule has 6 nitrogen and oxygen atoms in total. The summed E-state index contributed by atoms with van der Waals surface area (Å²) in [4.78, 5) is 4.08. The number of pyridine rings is 1. The first-order valence-corrected chi connectivity index (χ1v) is 7.63. The zero-order valence-corrected chi connectivity index (χ0v) is 12.9. The highest BCUT2D eigenvalue weighted by molar-refractivity contribution is 5.38. The summed E-state index contributed by atoms with van der Waals surface area (Å²) in [5, 5.41) is 11.5. The zero-order valence-electron chi connectivity index (χ0n) is 12.9. The number of aromatic nitrogens is 4. The maximum Gasteiger partial charge on any atom is 0.146 e. The number of nitrogen functional groups attached to an aromatic ring is 1. The topological polar surface area (TPSA) is 81.7 Å². The van der Waals surface area contributed by atoms with Crippen molar-refractivity contribution in [2.75, 3.05) is 5.73 Å². The van der Waals surface area contributed by atoms with Crippen LogP contribution in [0, 0.1) is 0 Å². The van der Waals surface area contributed by atoms with Gasteiger partial charge >= 0.3 is 0 Å². The van der Waals surface area contributed by atoms with E-state index in [1.807, 2.05) is 18.2 Å². The van der Waals surface area contributed by atoms with E-state index in [0.29, 0.717) is 18.9 Å². The van der Waals surface area contributed by atoms with Crippen molar-refractivity contribution in [3.05, 3.63) is 71.9 Å². The first-order chi connectivity index (χ1) is 11.3. The number of anilines is 1. The zero-order chi connectivity index (χ0) is 15.9. The molecule has 0 aliphatic rings. The minimum absolute atomic E-state index is 0.561. The molecule has 0 spiro atoms. The SMILES string of the molecule is Nc1ncccc1CNCc1nncn1CCc1ccccc1. The van der Waals surface area contributed by atoms with E-state index in [9.17, 15) is 0 Å². The smallest absolute Gasteiger partial charge is 0.146 e. The molecule has 0 saturated carbocycles. The number of benzene rings is 1. The maximum absolute atomic E-state index is 5.84. The minimum Gasteiger partial charge on any atom is -0.383 e. The Labute approximate surface area is 135 Å². The number of nitrogens with zero attached hydrogens (tertiary/aromatic N) is 4. The summed E-state index contributed by atoms with van der Waals surface area (Å²) in [6.45, 7) is 2.16. The highest BCUT2D eigenvalue weighted by Crippen LogP contribution is 2.07. The van der Waals surface area contributed by atoms with Gasteiger partial charge in [-0.05, 0) is 18.1 Å². The lowest BCUT2D eigenvalue weighted by molar-refractivity contribution is 0.594. The second kappa shape index (κ2) is 7.51. The monoisotopic (exact) mass is 308 g/mol. The van der Waals surface area contributed by atoms with Crippen LogP contribution in [0.2, 0.25) is 0 Å². The lowest BCUT2D eigenvalue weighted by Crippen LogP contribution is -2.18. The first-order valence-electron chi connectivity index (χ1n) is 7.63. The molecular formula is C17H20N6. The third kappa shape index (κ3) is 4.14. The van der Waals surface area contributed by atoms with Gasteiger partial charge in [0.1, 0.15) is 18.0 Å². The van der Waals surface area contributed by atoms with Gasteiger partial charge < -0.3 is 15.6 Å². The van der Waals surface area contributed by atoms with Gasteiger partial charge in [-0.3, -0.25) is 0 Å². The van der Waals surface area contributed by atoms with Crippen molar-refractivity contribution < 1.29 is 0 Å². The first kappa shape index (κ1) is 15.2. The lowest BCUT2D eigenvalue weighted by Gasteiger charge is -2.09. The number of nitrogens with one attached hydrogen (secondary N) is 1. The summed E-state index contributed by atoms with van der Waals surface area (Å²) >= 11 is 0. The molecule has 2 heterocycles. The van der Waals surface area contributed by atoms with E-state index in [4.69, 9.17) is 5.73 Å². The summed E-state index contributed by atoms with van der Waals surface area (Å²) in [7, 11) is 0. The Balaban J connectivity index is 1.53. The molecule has 0 saturated heterocycles. The van der Waals surface area contributed by atoms with Gasteiger partial charge in [0, 0.05) is 24.8 Å². The Hall–Kier alpha value is -2.73. The summed E-state index contributed by atoms with van der Waals surface area (Å²) in [6, 6.07) is 14.3. The molecule has 0 amide bonds. The minimum atomic E-state index is 0.561. The second-order valence-electron chi connectivity index (χ2n) is 5.33. The molecule has 23 heavy (non-hydrogen) atoms. The molecule has 118 valence electrons. The van der Waals surface area contributed by atoms with Crippen LogP contribution in [0.3, 0.4) is 0 Å². The van der Waals surface area contributed by atoms with Crippen LogP contribution in [-0.4, -0.2) is 19.7 Å². The molecule has 0 bridgehead atoms. The molecule has 0 atom stereocenters. The van der Waals surface area contributed by atoms with Crippen LogP contribution in [0.25, 0.3) is 0 Å². The van der Waals surface area contributed by atoms with Gasteiger partial charge in [-0.25, -0.2) is 4.98 Å². The molecule has 0 aliphatic carbocycles. The van der Waals surface area contributed by atoms with E-state index in [-0.39, 0.29) is 0 Å². The Morgan fingerprint density at radius 3 is 2.74 bits per heavy atom. The molecule has 0 radical (unpaired) electrons. The molecule has 3 aromatic rings. The molecular weight excluding hydrogens is 288 g/mol. The van der Waals surface area contributed by atoms with Crippen molar-refractivity contribution >= 4 is 5.82 Å². The number of aryl methyl sites for hydroxylation is 2. The van der Waals surface area contributed by atoms with E-state index in [1.54, 1.807) is 12.5 Å². The van der Waals surface area contributed by atoms with E-state index in [2.05, 4.69) is 49.3 Å². The molecule has 3 rings (SSSR count). The molecule has 0 unspecified atom stereocenters. The van der Waals surface area contributed by atoms with Crippen molar-refractivity contribution in [2.45, 2.75) is 26.1 Å². The number of hydrogen-bond donors (Lipinski definition) is 2. The largest absolute Gasteiger partial charge is 0.383 e. The van der Waals surface area contributed by atoms with Crippen LogP contribution < -0.4 is 11.1 Å². The molecule has 6 heteroatoms. The van der Waals surface area contributed by atoms with Crippen molar-refractivity contribution in [1.29, 1.82) is 0 Å². The molecule has 2 aromatic heterocycles. The number of nitrogens with two attached hydrogens (primary N) is 1. The van der Waals surface area contributed by atoms with E-state index >= 15 is 0 Å². The van der Waals surface area contributed by atoms with Crippen LogP contribution in [0.4, 0.5) is 5.82 Å². The second-order valence-corrected chi connectivity index (χ2v) is 5.33. The fourth-order valence-corrected chi connectivity index (χ4v) is 2.41. The average molecular weight is 308 g/mol. The molecule has 3 N–H and O–H groups in total. The normalized spacial score (nSPS) is 10.8. The quantitative estimate of drug-likeness (QED) is 0.695. The van der Waals surface area contributed by atoms with Gasteiger partial charge in [-0.2, -0.15) is 0 Å². The summed E-state index contributed by atoms with van der Waals surface area (Å²) in [5.41, 5.74) is 8.14. The molecule has 0 fully saturated rings. The summed E-state index contributed by atoms with van der Waals surface area (Å²) in [5.74, 6) is 1.48. The van der Waals surface area contributed by atoms with Crippen molar-refractivity contribution in [1.82, 2.24) is 25.1 Å². The standard InChI is InChI=1S/C17H20N6/c18-17-15(7-4-9-20-17)11-19-12-16-22-21-13-23(16)10-8-14-5-2-1-3-6-14/h1-7,9,13,19H,8,10-12H2,(H2,18,20). The fraction of sp³-hybridized carbons (Fsp3) is 0.235. The Morgan fingerprint density at radius 1 is 1.04 bits per heavy atom. The van der Waals surface area contributed by atoms with E-state index < -0.39 is 0 Å². The average Bonchev–Trinajstić information content (AvgIpc) is 3.03. The number of hydrogen-bond acceptors (Lipinski definition) is 5. The Bertz CT molecular complexity index is 738. The Kier molecular flexibility index (Phi) is 4.95. The van der Waals surface area contributed by atoms with Gasteiger partial charge in [-0.15, -0.1) is 10.2 Å². The summed E-state index contributed by atoms with van der Waals surface area (Å²) in [6.07, 6.45) is 4.43. The van der Waals surface area contributed by atoms with Crippen LogP contribution in [-0.2, 0) is 26.1 Å². The van der Waals surface area contributed by atoms with Crippen molar-refractivity contribution in [3.8, 4) is 0 Å². The lowest BCUT2D eigenvalue weighted by atomic mass is 10.1. The van der Waals surface area contributed by atoms with Gasteiger partial charge in [0.15, 0.2) is 0 Å². The van der Waals surface area contributed by atoms with Crippen LogP contribution >= 0.6 is 0 Å². The third-order valence-electron chi connectivity index (χ3n) is 3.70. The number of rotatable bonds is 7. The highest BCUT2D eigenvalue weighted by Gasteiger charge is 2.05. The van der Waals surface area contributed by atoms with Gasteiger partial charge in [0.2, 0.25) is 0 Å². The molecule has 0 aliphatic heterocycles. The third-order valence-corrected chi connectivity index (χ3v) is 3.70. The van der Waals surface area contributed by atoms with Crippen molar-refractivity contribution in [2.24, 2.45) is 0 Å². The van der Waals surface area contributed by atoms with E-state index in [0.717, 1.165) is 24.4 Å². The Morgan fingerprint density at radius 2 is 1.91 bits per heavy atom. The van der Waals surface area contributed by atoms with Crippen molar-refractivity contribution in [3.63, 3.8) is 0 Å². The van der Waals surface area contributed by atoms with Gasteiger partial charge in [0.05, 0.1) is 6.54 Å². The van der Waals surface area contributed by atoms with Gasteiger partial charge in [0.25, 0.3) is 0 Å². The van der Waals surface area contributed by atoms with Crippen LogP contribution in [0.5, 0.6) is 0 Å².